The predicted octanol–water partition coefficient (Wildman–Crippen LogP) is 3.25. The van der Waals surface area contributed by atoms with Crippen LogP contribution in [0.3, 0.4) is 0 Å². The highest BCUT2D eigenvalue weighted by atomic mass is 32.1. The van der Waals surface area contributed by atoms with Gasteiger partial charge in [0, 0.05) is 18.3 Å². The third kappa shape index (κ3) is 4.30. The molecule has 0 atom stereocenters. The Balaban J connectivity index is 2.07. The lowest BCUT2D eigenvalue weighted by Gasteiger charge is -2.06. The number of thiophene rings is 1. The van der Waals surface area contributed by atoms with Gasteiger partial charge in [0.25, 0.3) is 5.91 Å². The number of nitrogens with zero attached hydrogens (tertiary/aromatic N) is 1. The van der Waals surface area contributed by atoms with Crippen LogP contribution in [0, 0.1) is 11.3 Å². The Morgan fingerprint density at radius 2 is 1.77 bits per heavy atom. The minimum absolute atomic E-state index is 0.0318. The van der Waals surface area contributed by atoms with Crippen molar-refractivity contribution in [3.05, 3.63) is 52.2 Å². The van der Waals surface area contributed by atoms with Crippen molar-refractivity contribution in [2.45, 2.75) is 6.92 Å². The Morgan fingerprint density at radius 1 is 1.14 bits per heavy atom. The van der Waals surface area contributed by atoms with E-state index in [1.807, 2.05) is 22.9 Å². The molecule has 0 bridgehead atoms. The van der Waals surface area contributed by atoms with Crippen molar-refractivity contribution in [2.24, 2.45) is 0 Å². The molecule has 0 unspecified atom stereocenters. The van der Waals surface area contributed by atoms with Crippen LogP contribution in [0.5, 0.6) is 0 Å². The van der Waals surface area contributed by atoms with E-state index in [0.717, 1.165) is 5.56 Å². The summed E-state index contributed by atoms with van der Waals surface area (Å²) in [5, 5.41) is 18.1. The SMILES string of the molecule is CC(=O)Nc1ccc(NC(=O)/C(C#N)=C/c2ccsc2)cc1. The number of nitrogens with one attached hydrogen (secondary N) is 2. The summed E-state index contributed by atoms with van der Waals surface area (Å²) in [7, 11) is 0. The fraction of sp³-hybridized carbons (Fsp3) is 0.0625. The van der Waals surface area contributed by atoms with E-state index >= 15 is 0 Å². The van der Waals surface area contributed by atoms with Crippen molar-refractivity contribution >= 4 is 40.6 Å². The highest BCUT2D eigenvalue weighted by molar-refractivity contribution is 7.08. The number of amides is 2. The second-order valence-corrected chi connectivity index (χ2v) is 5.22. The van der Waals surface area contributed by atoms with Crippen LogP contribution in [0.1, 0.15) is 12.5 Å². The molecule has 0 aliphatic carbocycles. The molecule has 2 amide bonds. The molecular weight excluding hydrogens is 298 g/mol. The highest BCUT2D eigenvalue weighted by Gasteiger charge is 2.09. The number of rotatable bonds is 4. The van der Waals surface area contributed by atoms with Gasteiger partial charge >= 0.3 is 0 Å². The summed E-state index contributed by atoms with van der Waals surface area (Å²) in [6, 6.07) is 10.4. The standard InChI is InChI=1S/C16H13N3O2S/c1-11(20)18-14-2-4-15(5-3-14)19-16(21)13(9-17)8-12-6-7-22-10-12/h2-8,10H,1H3,(H,18,20)(H,19,21)/b13-8+. The molecule has 0 aliphatic heterocycles. The van der Waals surface area contributed by atoms with Gasteiger partial charge in [0.05, 0.1) is 0 Å². The molecule has 2 aromatic rings. The van der Waals surface area contributed by atoms with Crippen LogP contribution in [-0.4, -0.2) is 11.8 Å². The van der Waals surface area contributed by atoms with Gasteiger partial charge in [-0.2, -0.15) is 16.6 Å². The van der Waals surface area contributed by atoms with Gasteiger partial charge in [-0.25, -0.2) is 0 Å². The second kappa shape index (κ2) is 7.20. The molecule has 1 aromatic carbocycles. The maximum absolute atomic E-state index is 12.1. The first kappa shape index (κ1) is 15.5. The number of hydrogen-bond donors (Lipinski definition) is 2. The third-order valence-corrected chi connectivity index (χ3v) is 3.38. The topological polar surface area (TPSA) is 82.0 Å². The third-order valence-electron chi connectivity index (χ3n) is 2.68. The predicted molar refractivity (Wildman–Crippen MR) is 87.3 cm³/mol. The van der Waals surface area contributed by atoms with Crippen LogP contribution in [-0.2, 0) is 9.59 Å². The van der Waals surface area contributed by atoms with Crippen LogP contribution in [0.2, 0.25) is 0 Å². The van der Waals surface area contributed by atoms with Crippen molar-refractivity contribution in [3.8, 4) is 6.07 Å². The van der Waals surface area contributed by atoms with Crippen LogP contribution in [0.15, 0.2) is 46.7 Å². The van der Waals surface area contributed by atoms with Gasteiger partial charge in [0.2, 0.25) is 5.91 Å². The Labute approximate surface area is 131 Å². The van der Waals surface area contributed by atoms with E-state index in [2.05, 4.69) is 10.6 Å². The molecule has 2 rings (SSSR count). The highest BCUT2D eigenvalue weighted by Crippen LogP contribution is 2.16. The van der Waals surface area contributed by atoms with E-state index in [-0.39, 0.29) is 11.5 Å². The lowest BCUT2D eigenvalue weighted by atomic mass is 10.2. The zero-order valence-corrected chi connectivity index (χ0v) is 12.6. The van der Waals surface area contributed by atoms with Crippen LogP contribution in [0.4, 0.5) is 11.4 Å². The average Bonchev–Trinajstić information content (AvgIpc) is 2.99. The molecule has 5 nitrogen and oxygen atoms in total. The number of anilines is 2. The Kier molecular flexibility index (Phi) is 5.07. The van der Waals surface area contributed by atoms with Gasteiger partial charge < -0.3 is 10.6 Å². The molecule has 110 valence electrons. The zero-order valence-electron chi connectivity index (χ0n) is 11.8. The number of carbonyl (C=O) groups excluding carboxylic acids is 2. The first-order valence-corrected chi connectivity index (χ1v) is 7.36. The van der Waals surface area contributed by atoms with E-state index in [4.69, 9.17) is 5.26 Å². The molecule has 2 N–H and O–H groups in total. The average molecular weight is 311 g/mol. The zero-order chi connectivity index (χ0) is 15.9. The minimum Gasteiger partial charge on any atom is -0.326 e. The second-order valence-electron chi connectivity index (χ2n) is 4.44. The van der Waals surface area contributed by atoms with Crippen LogP contribution >= 0.6 is 11.3 Å². The summed E-state index contributed by atoms with van der Waals surface area (Å²) in [4.78, 5) is 23.0. The summed E-state index contributed by atoms with van der Waals surface area (Å²) in [6.45, 7) is 1.42. The Bertz CT molecular complexity index is 741. The maximum atomic E-state index is 12.1. The van der Waals surface area contributed by atoms with Crippen LogP contribution in [0.25, 0.3) is 6.08 Å². The van der Waals surface area contributed by atoms with E-state index in [0.29, 0.717) is 11.4 Å². The number of hydrogen-bond acceptors (Lipinski definition) is 4. The van der Waals surface area contributed by atoms with E-state index in [1.165, 1.54) is 24.3 Å². The molecule has 1 aromatic heterocycles. The first-order valence-electron chi connectivity index (χ1n) is 6.41. The summed E-state index contributed by atoms with van der Waals surface area (Å²) in [5.74, 6) is -0.636. The first-order chi connectivity index (χ1) is 10.6. The van der Waals surface area contributed by atoms with Gasteiger partial charge in [0.15, 0.2) is 0 Å². The molecule has 0 fully saturated rings. The number of benzene rings is 1. The quantitative estimate of drug-likeness (QED) is 0.671. The maximum Gasteiger partial charge on any atom is 0.266 e. The molecule has 0 aliphatic rings. The van der Waals surface area contributed by atoms with Crippen LogP contribution < -0.4 is 10.6 Å². The van der Waals surface area contributed by atoms with Gasteiger partial charge in [-0.1, -0.05) is 0 Å². The lowest BCUT2D eigenvalue weighted by molar-refractivity contribution is -0.114. The minimum atomic E-state index is -0.471. The van der Waals surface area contributed by atoms with Crippen molar-refractivity contribution in [1.29, 1.82) is 5.26 Å². The summed E-state index contributed by atoms with van der Waals surface area (Å²) in [5.41, 5.74) is 2.03. The monoisotopic (exact) mass is 311 g/mol. The summed E-state index contributed by atoms with van der Waals surface area (Å²) in [6.07, 6.45) is 1.54. The Hall–Kier alpha value is -2.91. The fourth-order valence-electron chi connectivity index (χ4n) is 1.71. The van der Waals surface area contributed by atoms with E-state index < -0.39 is 5.91 Å². The smallest absolute Gasteiger partial charge is 0.266 e. The van der Waals surface area contributed by atoms with Crippen molar-refractivity contribution in [1.82, 2.24) is 0 Å². The molecule has 0 spiro atoms. The number of carbonyl (C=O) groups is 2. The number of nitriles is 1. The van der Waals surface area contributed by atoms with Crippen molar-refractivity contribution in [2.75, 3.05) is 10.6 Å². The summed E-state index contributed by atoms with van der Waals surface area (Å²) < 4.78 is 0. The summed E-state index contributed by atoms with van der Waals surface area (Å²) >= 11 is 1.49. The van der Waals surface area contributed by atoms with Crippen molar-refractivity contribution in [3.63, 3.8) is 0 Å². The molecule has 22 heavy (non-hydrogen) atoms. The molecule has 0 saturated carbocycles. The molecular formula is C16H13N3O2S. The van der Waals surface area contributed by atoms with E-state index in [1.54, 1.807) is 24.3 Å². The van der Waals surface area contributed by atoms with Gasteiger partial charge in [-0.05, 0) is 52.7 Å². The van der Waals surface area contributed by atoms with Gasteiger partial charge in [0.1, 0.15) is 11.6 Å². The normalized spacial score (nSPS) is 10.6. The molecule has 0 radical (unpaired) electrons. The molecule has 1 heterocycles. The van der Waals surface area contributed by atoms with Crippen molar-refractivity contribution < 1.29 is 9.59 Å². The largest absolute Gasteiger partial charge is 0.326 e. The van der Waals surface area contributed by atoms with Gasteiger partial charge in [-0.15, -0.1) is 0 Å². The van der Waals surface area contributed by atoms with Gasteiger partial charge in [-0.3, -0.25) is 9.59 Å². The molecule has 0 saturated heterocycles. The lowest BCUT2D eigenvalue weighted by Crippen LogP contribution is -2.13. The fourth-order valence-corrected chi connectivity index (χ4v) is 2.33. The Morgan fingerprint density at radius 3 is 2.27 bits per heavy atom. The molecule has 6 heteroatoms. The van der Waals surface area contributed by atoms with E-state index in [9.17, 15) is 9.59 Å².